The molecule has 2 amide bonds. The van der Waals surface area contributed by atoms with Crippen molar-refractivity contribution in [3.8, 4) is 0 Å². The maximum Gasteiger partial charge on any atom is 0.321 e. The molecular weight excluding hydrogens is 360 g/mol. The molecule has 6 N–H and O–H groups in total. The number of rotatable bonds is 8. The van der Waals surface area contributed by atoms with Crippen molar-refractivity contribution in [3.05, 3.63) is 46.5 Å². The third-order valence-electron chi connectivity index (χ3n) is 4.27. The van der Waals surface area contributed by atoms with Crippen LogP contribution in [0.25, 0.3) is 0 Å². The number of anilines is 1. The number of hydrogen-bond acceptors (Lipinski definition) is 5. The number of nitrogens with two attached hydrogens (primary N) is 2. The van der Waals surface area contributed by atoms with Crippen LogP contribution in [0.3, 0.4) is 0 Å². The zero-order chi connectivity index (χ0) is 19.6. The van der Waals surface area contributed by atoms with E-state index in [2.05, 4.69) is 39.7 Å². The number of nitrogens with zero attached hydrogens (tertiary/aromatic N) is 2. The lowest BCUT2D eigenvalue weighted by atomic mass is 9.97. The molecule has 0 radical (unpaired) electrons. The SMILES string of the molecule is CCC(CNC(=O)NC(N)=NCCCc1sc(N)nc1C)c1ccccc1. The molecule has 0 saturated carbocycles. The molecule has 2 aromatic rings. The number of thiazole rings is 1. The minimum Gasteiger partial charge on any atom is -0.375 e. The number of nitrogens with one attached hydrogen (secondary N) is 2. The van der Waals surface area contributed by atoms with E-state index in [0.29, 0.717) is 18.2 Å². The lowest BCUT2D eigenvalue weighted by Crippen LogP contribution is -2.44. The Kier molecular flexibility index (Phi) is 8.06. The number of carbonyl (C=O) groups excluding carboxylic acids is 1. The van der Waals surface area contributed by atoms with E-state index in [1.807, 2.05) is 25.1 Å². The van der Waals surface area contributed by atoms with E-state index >= 15 is 0 Å². The highest BCUT2D eigenvalue weighted by atomic mass is 32.1. The number of nitrogen functional groups attached to an aromatic ring is 1. The van der Waals surface area contributed by atoms with Crippen molar-refractivity contribution >= 4 is 28.5 Å². The number of hydrogen-bond donors (Lipinski definition) is 4. The summed E-state index contributed by atoms with van der Waals surface area (Å²) in [6.07, 6.45) is 2.60. The molecule has 146 valence electrons. The van der Waals surface area contributed by atoms with Gasteiger partial charge in [-0.25, -0.2) is 9.78 Å². The highest BCUT2D eigenvalue weighted by Gasteiger charge is 2.11. The van der Waals surface area contributed by atoms with E-state index in [4.69, 9.17) is 11.5 Å². The third-order valence-corrected chi connectivity index (χ3v) is 5.31. The van der Waals surface area contributed by atoms with Crippen LogP contribution in [0.5, 0.6) is 0 Å². The smallest absolute Gasteiger partial charge is 0.321 e. The van der Waals surface area contributed by atoms with Gasteiger partial charge in [-0.3, -0.25) is 10.3 Å². The summed E-state index contributed by atoms with van der Waals surface area (Å²) >= 11 is 1.50. The first-order chi connectivity index (χ1) is 13.0. The van der Waals surface area contributed by atoms with Gasteiger partial charge in [0, 0.05) is 23.9 Å². The highest BCUT2D eigenvalue weighted by Crippen LogP contribution is 2.21. The molecule has 7 nitrogen and oxygen atoms in total. The molecule has 1 atom stereocenters. The van der Waals surface area contributed by atoms with Crippen LogP contribution in [0.2, 0.25) is 0 Å². The number of urea groups is 1. The number of benzene rings is 1. The van der Waals surface area contributed by atoms with Crippen LogP contribution in [0.1, 0.15) is 41.8 Å². The van der Waals surface area contributed by atoms with Gasteiger partial charge in [0.2, 0.25) is 0 Å². The minimum atomic E-state index is -0.336. The van der Waals surface area contributed by atoms with Crippen LogP contribution in [0, 0.1) is 6.92 Å². The first-order valence-corrected chi connectivity index (χ1v) is 9.92. The van der Waals surface area contributed by atoms with E-state index in [9.17, 15) is 4.79 Å². The lowest BCUT2D eigenvalue weighted by Gasteiger charge is -2.16. The molecule has 1 heterocycles. The van der Waals surface area contributed by atoms with E-state index in [1.165, 1.54) is 21.8 Å². The summed E-state index contributed by atoms with van der Waals surface area (Å²) in [6.45, 7) is 5.13. The highest BCUT2D eigenvalue weighted by molar-refractivity contribution is 7.15. The summed E-state index contributed by atoms with van der Waals surface area (Å²) in [5.74, 6) is 0.394. The normalized spacial score (nSPS) is 12.6. The molecule has 0 aliphatic carbocycles. The zero-order valence-corrected chi connectivity index (χ0v) is 16.7. The fourth-order valence-electron chi connectivity index (χ4n) is 2.76. The van der Waals surface area contributed by atoms with Crippen molar-refractivity contribution in [1.29, 1.82) is 0 Å². The van der Waals surface area contributed by atoms with Gasteiger partial charge in [-0.1, -0.05) is 37.3 Å². The molecule has 1 aromatic carbocycles. The molecule has 1 unspecified atom stereocenters. The molecular formula is C19H28N6OS. The molecule has 0 spiro atoms. The van der Waals surface area contributed by atoms with Crippen molar-refractivity contribution in [2.45, 2.75) is 39.0 Å². The van der Waals surface area contributed by atoms with E-state index in [0.717, 1.165) is 25.0 Å². The van der Waals surface area contributed by atoms with Gasteiger partial charge in [-0.2, -0.15) is 0 Å². The number of amides is 2. The average Bonchev–Trinajstić information content (AvgIpc) is 2.97. The quantitative estimate of drug-likeness (QED) is 0.316. The second-order valence-electron chi connectivity index (χ2n) is 6.28. The largest absolute Gasteiger partial charge is 0.375 e. The van der Waals surface area contributed by atoms with E-state index in [-0.39, 0.29) is 17.9 Å². The molecule has 0 saturated heterocycles. The van der Waals surface area contributed by atoms with Crippen LogP contribution in [-0.2, 0) is 6.42 Å². The number of carbonyl (C=O) groups is 1. The summed E-state index contributed by atoms with van der Waals surface area (Å²) in [4.78, 5) is 21.6. The average molecular weight is 389 g/mol. The Bertz CT molecular complexity index is 759. The summed E-state index contributed by atoms with van der Waals surface area (Å²) < 4.78 is 0. The fourth-order valence-corrected chi connectivity index (χ4v) is 3.64. The van der Waals surface area contributed by atoms with Crippen molar-refractivity contribution in [2.24, 2.45) is 10.7 Å². The van der Waals surface area contributed by atoms with Crippen molar-refractivity contribution < 1.29 is 4.79 Å². The predicted octanol–water partition coefficient (Wildman–Crippen LogP) is 2.77. The molecule has 27 heavy (non-hydrogen) atoms. The Labute approximate surface area is 164 Å². The number of aliphatic imine (C=N–C) groups is 1. The van der Waals surface area contributed by atoms with Gasteiger partial charge in [0.25, 0.3) is 0 Å². The molecule has 8 heteroatoms. The zero-order valence-electron chi connectivity index (χ0n) is 15.9. The van der Waals surface area contributed by atoms with Crippen molar-refractivity contribution in [3.63, 3.8) is 0 Å². The molecule has 0 aliphatic rings. The second kappa shape index (κ2) is 10.5. The summed E-state index contributed by atoms with van der Waals surface area (Å²) in [5.41, 5.74) is 13.7. The number of guanidine groups is 1. The number of aromatic nitrogens is 1. The molecule has 2 rings (SSSR count). The van der Waals surface area contributed by atoms with Crippen LogP contribution >= 0.6 is 11.3 Å². The molecule has 0 aliphatic heterocycles. The summed E-state index contributed by atoms with van der Waals surface area (Å²) in [5, 5.41) is 6.02. The first-order valence-electron chi connectivity index (χ1n) is 9.11. The Morgan fingerprint density at radius 1 is 1.33 bits per heavy atom. The van der Waals surface area contributed by atoms with E-state index in [1.54, 1.807) is 0 Å². The van der Waals surface area contributed by atoms with Gasteiger partial charge in [-0.05, 0) is 31.7 Å². The molecule has 1 aromatic heterocycles. The first kappa shape index (κ1) is 20.7. The maximum absolute atomic E-state index is 12.0. The molecule has 0 bridgehead atoms. The fraction of sp³-hybridized carbons (Fsp3) is 0.421. The van der Waals surface area contributed by atoms with Gasteiger partial charge in [-0.15, -0.1) is 11.3 Å². The summed E-state index contributed by atoms with van der Waals surface area (Å²) in [6, 6.07) is 9.80. The predicted molar refractivity (Wildman–Crippen MR) is 112 cm³/mol. The van der Waals surface area contributed by atoms with Crippen molar-refractivity contribution in [2.75, 3.05) is 18.8 Å². The Morgan fingerprint density at radius 3 is 2.70 bits per heavy atom. The third kappa shape index (κ3) is 6.90. The molecule has 0 fully saturated rings. The van der Waals surface area contributed by atoms with Crippen LogP contribution in [0.4, 0.5) is 9.93 Å². The Balaban J connectivity index is 1.71. The lowest BCUT2D eigenvalue weighted by molar-refractivity contribution is 0.244. The van der Waals surface area contributed by atoms with Gasteiger partial charge >= 0.3 is 6.03 Å². The standard InChI is InChI=1S/C19H28N6OS/c1-3-14(15-8-5-4-6-9-15)12-23-19(26)25-17(20)22-11-7-10-16-13(2)24-18(21)27-16/h4-6,8-9,14H,3,7,10-12H2,1-2H3,(H2,21,24)(H4,20,22,23,25,26). The Morgan fingerprint density at radius 2 is 2.07 bits per heavy atom. The van der Waals surface area contributed by atoms with Crippen LogP contribution < -0.4 is 22.1 Å². The van der Waals surface area contributed by atoms with Gasteiger partial charge in [0.05, 0.1) is 5.69 Å². The van der Waals surface area contributed by atoms with E-state index < -0.39 is 0 Å². The topological polar surface area (TPSA) is 118 Å². The monoisotopic (exact) mass is 388 g/mol. The van der Waals surface area contributed by atoms with Crippen LogP contribution in [0.15, 0.2) is 35.3 Å². The second-order valence-corrected chi connectivity index (χ2v) is 7.40. The Hall–Kier alpha value is -2.61. The van der Waals surface area contributed by atoms with Gasteiger partial charge in [0.1, 0.15) is 0 Å². The van der Waals surface area contributed by atoms with Gasteiger partial charge in [0.15, 0.2) is 11.1 Å². The maximum atomic E-state index is 12.0. The van der Waals surface area contributed by atoms with Crippen molar-refractivity contribution in [1.82, 2.24) is 15.6 Å². The van der Waals surface area contributed by atoms with Crippen LogP contribution in [-0.4, -0.2) is 30.1 Å². The number of aryl methyl sites for hydroxylation is 2. The van der Waals surface area contributed by atoms with Gasteiger partial charge < -0.3 is 16.8 Å². The minimum absolute atomic E-state index is 0.126. The summed E-state index contributed by atoms with van der Waals surface area (Å²) in [7, 11) is 0.